The minimum absolute atomic E-state index is 0.184. The van der Waals surface area contributed by atoms with Crippen molar-refractivity contribution < 1.29 is 28.6 Å². The van der Waals surface area contributed by atoms with Crippen LogP contribution in [0.3, 0.4) is 0 Å². The zero-order valence-corrected chi connectivity index (χ0v) is 17.7. The van der Waals surface area contributed by atoms with Crippen LogP contribution < -0.4 is 9.47 Å². The molecule has 2 amide bonds. The monoisotopic (exact) mass is 419 g/mol. The van der Waals surface area contributed by atoms with Gasteiger partial charge in [-0.3, -0.25) is 19.3 Å². The van der Waals surface area contributed by atoms with Gasteiger partial charge in [-0.15, -0.1) is 6.58 Å². The summed E-state index contributed by atoms with van der Waals surface area (Å²) >= 11 is 0.788. The number of imide groups is 1. The van der Waals surface area contributed by atoms with Crippen LogP contribution in [0.2, 0.25) is 0 Å². The molecule has 0 aromatic heterocycles. The van der Waals surface area contributed by atoms with Crippen LogP contribution in [-0.4, -0.2) is 48.4 Å². The first kappa shape index (κ1) is 22.5. The molecule has 1 aliphatic rings. The summed E-state index contributed by atoms with van der Waals surface area (Å²) in [5.74, 6) is 0.0571. The number of amides is 2. The Bertz CT molecular complexity index is 833. The SMILES string of the molecule is C=CCc1cc(/C=C2/SC(=O)N(CC(=O)OCC)C2=O)cc(OCC)c1OCC. The van der Waals surface area contributed by atoms with E-state index in [2.05, 4.69) is 6.58 Å². The van der Waals surface area contributed by atoms with Crippen molar-refractivity contribution in [2.45, 2.75) is 27.2 Å². The Morgan fingerprint density at radius 2 is 1.86 bits per heavy atom. The molecule has 0 aliphatic carbocycles. The molecule has 0 N–H and O–H groups in total. The highest BCUT2D eigenvalue weighted by molar-refractivity contribution is 8.18. The van der Waals surface area contributed by atoms with E-state index in [-0.39, 0.29) is 11.5 Å². The Labute approximate surface area is 174 Å². The maximum absolute atomic E-state index is 12.6. The van der Waals surface area contributed by atoms with Crippen LogP contribution >= 0.6 is 11.8 Å². The van der Waals surface area contributed by atoms with E-state index in [1.807, 2.05) is 19.9 Å². The fourth-order valence-electron chi connectivity index (χ4n) is 2.77. The van der Waals surface area contributed by atoms with Gasteiger partial charge in [0.15, 0.2) is 11.5 Å². The number of rotatable bonds is 10. The second kappa shape index (κ2) is 10.7. The van der Waals surface area contributed by atoms with E-state index in [1.165, 1.54) is 0 Å². The number of benzene rings is 1. The summed E-state index contributed by atoms with van der Waals surface area (Å²) in [7, 11) is 0. The molecule has 29 heavy (non-hydrogen) atoms. The first-order valence-corrected chi connectivity index (χ1v) is 10.2. The molecular weight excluding hydrogens is 394 g/mol. The Kier molecular flexibility index (Phi) is 8.33. The van der Waals surface area contributed by atoms with Crippen molar-refractivity contribution in [1.29, 1.82) is 0 Å². The molecule has 1 saturated heterocycles. The quantitative estimate of drug-likeness (QED) is 0.324. The number of carbonyl (C=O) groups excluding carboxylic acids is 3. The predicted octanol–water partition coefficient (Wildman–Crippen LogP) is 3.81. The number of thioether (sulfide) groups is 1. The van der Waals surface area contributed by atoms with Crippen molar-refractivity contribution >= 4 is 35.0 Å². The summed E-state index contributed by atoms with van der Waals surface area (Å²) < 4.78 is 16.3. The molecule has 8 heteroatoms. The molecule has 1 heterocycles. The number of esters is 1. The minimum Gasteiger partial charge on any atom is -0.490 e. The molecule has 0 spiro atoms. The first-order chi connectivity index (χ1) is 13.9. The van der Waals surface area contributed by atoms with Crippen molar-refractivity contribution in [3.05, 3.63) is 40.8 Å². The largest absolute Gasteiger partial charge is 0.490 e. The van der Waals surface area contributed by atoms with Gasteiger partial charge in [-0.05, 0) is 62.7 Å². The molecule has 0 saturated carbocycles. The smallest absolute Gasteiger partial charge is 0.326 e. The average Bonchev–Trinajstić information content (AvgIpc) is 2.92. The van der Waals surface area contributed by atoms with Gasteiger partial charge in [0.2, 0.25) is 0 Å². The molecule has 0 unspecified atom stereocenters. The normalized spacial score (nSPS) is 15.0. The molecule has 0 atom stereocenters. The number of hydrogen-bond donors (Lipinski definition) is 0. The van der Waals surface area contributed by atoms with E-state index in [9.17, 15) is 14.4 Å². The number of allylic oxidation sites excluding steroid dienone is 1. The molecule has 0 radical (unpaired) electrons. The Morgan fingerprint density at radius 3 is 2.48 bits per heavy atom. The van der Waals surface area contributed by atoms with Gasteiger partial charge in [0, 0.05) is 5.56 Å². The second-order valence-corrected chi connectivity index (χ2v) is 6.93. The highest BCUT2D eigenvalue weighted by atomic mass is 32.2. The van der Waals surface area contributed by atoms with Gasteiger partial charge < -0.3 is 14.2 Å². The molecule has 1 aromatic carbocycles. The number of hydrogen-bond acceptors (Lipinski definition) is 7. The van der Waals surface area contributed by atoms with Crippen molar-refractivity contribution in [1.82, 2.24) is 4.90 Å². The van der Waals surface area contributed by atoms with Crippen molar-refractivity contribution in [2.75, 3.05) is 26.4 Å². The number of carbonyl (C=O) groups is 3. The van der Waals surface area contributed by atoms with Crippen molar-refractivity contribution in [3.8, 4) is 11.5 Å². The number of ether oxygens (including phenoxy) is 3. The van der Waals surface area contributed by atoms with E-state index in [1.54, 1.807) is 25.1 Å². The maximum atomic E-state index is 12.6. The summed E-state index contributed by atoms with van der Waals surface area (Å²) in [5, 5.41) is -0.503. The third-order valence-corrected chi connectivity index (χ3v) is 4.78. The Hall–Kier alpha value is -2.74. The van der Waals surface area contributed by atoms with Crippen LogP contribution in [0.15, 0.2) is 29.7 Å². The van der Waals surface area contributed by atoms with Crippen LogP contribution in [0.5, 0.6) is 11.5 Å². The topological polar surface area (TPSA) is 82.1 Å². The van der Waals surface area contributed by atoms with Gasteiger partial charge in [0.1, 0.15) is 6.54 Å². The van der Waals surface area contributed by atoms with Crippen molar-refractivity contribution in [2.24, 2.45) is 0 Å². The maximum Gasteiger partial charge on any atom is 0.326 e. The summed E-state index contributed by atoms with van der Waals surface area (Å²) in [6.45, 7) is 9.92. The van der Waals surface area contributed by atoms with Gasteiger partial charge >= 0.3 is 5.97 Å². The third kappa shape index (κ3) is 5.63. The van der Waals surface area contributed by atoms with Crippen LogP contribution in [0, 0.1) is 0 Å². The lowest BCUT2D eigenvalue weighted by Crippen LogP contribution is -2.34. The van der Waals surface area contributed by atoms with Crippen molar-refractivity contribution in [3.63, 3.8) is 0 Å². The standard InChI is InChI=1S/C21H25NO6S/c1-5-9-15-10-14(11-16(26-6-2)19(15)28-8-4)12-17-20(24)22(21(25)29-17)13-18(23)27-7-3/h5,10-12H,1,6-9,13H2,2-4H3/b17-12+. The minimum atomic E-state index is -0.621. The van der Waals surface area contributed by atoms with Gasteiger partial charge in [0.05, 0.1) is 24.7 Å². The zero-order valence-electron chi connectivity index (χ0n) is 16.9. The fraction of sp³-hybridized carbons (Fsp3) is 0.381. The molecule has 7 nitrogen and oxygen atoms in total. The van der Waals surface area contributed by atoms with E-state index in [4.69, 9.17) is 14.2 Å². The lowest BCUT2D eigenvalue weighted by atomic mass is 10.0. The van der Waals surface area contributed by atoms with E-state index < -0.39 is 23.7 Å². The highest BCUT2D eigenvalue weighted by Crippen LogP contribution is 2.37. The van der Waals surface area contributed by atoms with E-state index in [0.29, 0.717) is 36.7 Å². The van der Waals surface area contributed by atoms with Gasteiger partial charge in [-0.2, -0.15) is 0 Å². The second-order valence-electron chi connectivity index (χ2n) is 5.94. The summed E-state index contributed by atoms with van der Waals surface area (Å²) in [4.78, 5) is 37.5. The Balaban J connectivity index is 2.37. The molecule has 1 aliphatic heterocycles. The summed E-state index contributed by atoms with van der Waals surface area (Å²) in [6.07, 6.45) is 3.92. The van der Waals surface area contributed by atoms with E-state index in [0.717, 1.165) is 22.2 Å². The zero-order chi connectivity index (χ0) is 21.4. The van der Waals surface area contributed by atoms with Gasteiger partial charge in [-0.1, -0.05) is 6.08 Å². The fourth-order valence-corrected chi connectivity index (χ4v) is 3.61. The molecule has 1 fully saturated rings. The lowest BCUT2D eigenvalue weighted by Gasteiger charge is -2.16. The van der Waals surface area contributed by atoms with Gasteiger partial charge in [-0.25, -0.2) is 0 Å². The summed E-state index contributed by atoms with van der Waals surface area (Å²) in [5.41, 5.74) is 1.56. The van der Waals surface area contributed by atoms with Gasteiger partial charge in [0.25, 0.3) is 11.1 Å². The molecule has 0 bridgehead atoms. The predicted molar refractivity (Wildman–Crippen MR) is 112 cm³/mol. The Morgan fingerprint density at radius 1 is 1.14 bits per heavy atom. The first-order valence-electron chi connectivity index (χ1n) is 9.39. The highest BCUT2D eigenvalue weighted by Gasteiger charge is 2.36. The number of nitrogens with zero attached hydrogens (tertiary/aromatic N) is 1. The molecule has 156 valence electrons. The summed E-state index contributed by atoms with van der Waals surface area (Å²) in [6, 6.07) is 3.63. The molecule has 2 rings (SSSR count). The van der Waals surface area contributed by atoms with Crippen LogP contribution in [0.1, 0.15) is 31.9 Å². The average molecular weight is 419 g/mol. The van der Waals surface area contributed by atoms with Crippen LogP contribution in [-0.2, 0) is 20.7 Å². The van der Waals surface area contributed by atoms with Crippen LogP contribution in [0.4, 0.5) is 4.79 Å². The third-order valence-electron chi connectivity index (χ3n) is 3.87. The molecular formula is C21H25NO6S. The molecule has 1 aromatic rings. The lowest BCUT2D eigenvalue weighted by molar-refractivity contribution is -0.145. The van der Waals surface area contributed by atoms with E-state index >= 15 is 0 Å². The van der Waals surface area contributed by atoms with Crippen LogP contribution in [0.25, 0.3) is 6.08 Å².